The Morgan fingerprint density at radius 1 is 1.17 bits per heavy atom. The van der Waals surface area contributed by atoms with Crippen LogP contribution in [0.2, 0.25) is 0 Å². The third-order valence-electron chi connectivity index (χ3n) is 4.64. The van der Waals surface area contributed by atoms with E-state index in [0.717, 1.165) is 31.6 Å². The zero-order valence-corrected chi connectivity index (χ0v) is 15.4. The van der Waals surface area contributed by atoms with Gasteiger partial charge in [0, 0.05) is 31.7 Å². The molecule has 2 rings (SSSR count). The molecule has 0 unspecified atom stereocenters. The van der Waals surface area contributed by atoms with Crippen LogP contribution in [0.25, 0.3) is 0 Å². The Kier molecular flexibility index (Phi) is 6.41. The largest absolute Gasteiger partial charge is 0.342 e. The minimum absolute atomic E-state index is 0.0543. The second-order valence-electron chi connectivity index (χ2n) is 6.98. The Balaban J connectivity index is 2.08. The van der Waals surface area contributed by atoms with Crippen molar-refractivity contribution in [3.05, 3.63) is 29.8 Å². The number of rotatable bonds is 7. The molecular formula is C20H30N2O2. The molecule has 4 nitrogen and oxygen atoms in total. The van der Waals surface area contributed by atoms with Crippen LogP contribution in [0.15, 0.2) is 24.3 Å². The molecule has 0 saturated carbocycles. The van der Waals surface area contributed by atoms with Crippen LogP contribution in [0.3, 0.4) is 0 Å². The average molecular weight is 330 g/mol. The molecule has 1 aromatic rings. The second kappa shape index (κ2) is 8.32. The van der Waals surface area contributed by atoms with Crippen molar-refractivity contribution in [2.24, 2.45) is 5.92 Å². The molecule has 0 spiro atoms. The lowest BCUT2D eigenvalue weighted by Gasteiger charge is -2.25. The van der Waals surface area contributed by atoms with E-state index in [2.05, 4.69) is 39.8 Å². The quantitative estimate of drug-likeness (QED) is 0.763. The Morgan fingerprint density at radius 3 is 2.25 bits per heavy atom. The van der Waals surface area contributed by atoms with Gasteiger partial charge < -0.3 is 9.80 Å². The van der Waals surface area contributed by atoms with Crippen molar-refractivity contribution in [1.82, 2.24) is 4.90 Å². The molecule has 0 aliphatic carbocycles. The first kappa shape index (κ1) is 18.5. The number of hydrogen-bond donors (Lipinski definition) is 0. The van der Waals surface area contributed by atoms with E-state index < -0.39 is 0 Å². The van der Waals surface area contributed by atoms with Crippen LogP contribution in [-0.4, -0.2) is 36.3 Å². The molecule has 0 N–H and O–H groups in total. The summed E-state index contributed by atoms with van der Waals surface area (Å²) in [5.41, 5.74) is 2.16. The number of benzene rings is 1. The van der Waals surface area contributed by atoms with E-state index in [1.165, 1.54) is 5.56 Å². The summed E-state index contributed by atoms with van der Waals surface area (Å²) in [6, 6.07) is 8.14. The topological polar surface area (TPSA) is 40.6 Å². The summed E-state index contributed by atoms with van der Waals surface area (Å²) in [6.07, 6.45) is 2.23. The maximum absolute atomic E-state index is 12.7. The first-order valence-corrected chi connectivity index (χ1v) is 9.17. The van der Waals surface area contributed by atoms with Crippen molar-refractivity contribution in [3.63, 3.8) is 0 Å². The fourth-order valence-corrected chi connectivity index (χ4v) is 3.29. The molecule has 132 valence electrons. The summed E-state index contributed by atoms with van der Waals surface area (Å²) >= 11 is 0. The fraction of sp³-hybridized carbons (Fsp3) is 0.600. The monoisotopic (exact) mass is 330 g/mol. The van der Waals surface area contributed by atoms with Crippen molar-refractivity contribution < 1.29 is 9.59 Å². The first-order chi connectivity index (χ1) is 11.5. The highest BCUT2D eigenvalue weighted by molar-refractivity contribution is 6.00. The van der Waals surface area contributed by atoms with E-state index in [1.807, 2.05) is 17.0 Å². The number of hydrogen-bond acceptors (Lipinski definition) is 2. The van der Waals surface area contributed by atoms with Crippen molar-refractivity contribution in [2.45, 2.75) is 52.9 Å². The molecule has 0 bridgehead atoms. The lowest BCUT2D eigenvalue weighted by atomic mass is 10.0. The van der Waals surface area contributed by atoms with Crippen LogP contribution in [0, 0.1) is 5.92 Å². The molecule has 1 fully saturated rings. The third kappa shape index (κ3) is 4.16. The zero-order chi connectivity index (χ0) is 17.7. The van der Waals surface area contributed by atoms with Crippen LogP contribution < -0.4 is 4.90 Å². The molecular weight excluding hydrogens is 300 g/mol. The number of amides is 2. The van der Waals surface area contributed by atoms with Crippen LogP contribution in [0.5, 0.6) is 0 Å². The van der Waals surface area contributed by atoms with Gasteiger partial charge in [-0.3, -0.25) is 9.59 Å². The third-order valence-corrected chi connectivity index (χ3v) is 4.64. The number of carbonyl (C=O) groups excluding carboxylic acids is 2. The molecule has 0 aromatic heterocycles. The van der Waals surface area contributed by atoms with E-state index in [0.29, 0.717) is 18.9 Å². The number of nitrogens with zero attached hydrogens (tertiary/aromatic N) is 2. The predicted octanol–water partition coefficient (Wildman–Crippen LogP) is 3.81. The molecule has 4 heteroatoms. The summed E-state index contributed by atoms with van der Waals surface area (Å²) < 4.78 is 0. The van der Waals surface area contributed by atoms with E-state index in [9.17, 15) is 9.59 Å². The van der Waals surface area contributed by atoms with Crippen LogP contribution in [0.4, 0.5) is 5.69 Å². The van der Waals surface area contributed by atoms with Gasteiger partial charge in [0.1, 0.15) is 0 Å². The highest BCUT2D eigenvalue weighted by atomic mass is 16.2. The van der Waals surface area contributed by atoms with Gasteiger partial charge in [0.05, 0.1) is 5.92 Å². The molecule has 1 aromatic carbocycles. The van der Waals surface area contributed by atoms with Gasteiger partial charge in [-0.1, -0.05) is 39.8 Å². The highest BCUT2D eigenvalue weighted by Gasteiger charge is 2.36. The number of carbonyl (C=O) groups is 2. The van der Waals surface area contributed by atoms with Crippen LogP contribution in [0.1, 0.15) is 58.4 Å². The SMILES string of the molecule is CCCN(CCC)C(=O)[C@H]1CC(=O)N(c2ccc(C(C)C)cc2)C1. The minimum Gasteiger partial charge on any atom is -0.342 e. The van der Waals surface area contributed by atoms with Gasteiger partial charge in [-0.25, -0.2) is 0 Å². The summed E-state index contributed by atoms with van der Waals surface area (Å²) in [5, 5.41) is 0. The summed E-state index contributed by atoms with van der Waals surface area (Å²) in [4.78, 5) is 28.8. The molecule has 24 heavy (non-hydrogen) atoms. The van der Waals surface area contributed by atoms with Gasteiger partial charge in [-0.2, -0.15) is 0 Å². The minimum atomic E-state index is -0.208. The van der Waals surface area contributed by atoms with Crippen LogP contribution in [-0.2, 0) is 9.59 Å². The molecule has 1 aliphatic rings. The molecule has 1 heterocycles. The maximum atomic E-state index is 12.7. The molecule has 0 radical (unpaired) electrons. The summed E-state index contributed by atoms with van der Waals surface area (Å²) in [5.74, 6) is 0.451. The maximum Gasteiger partial charge on any atom is 0.228 e. The van der Waals surface area contributed by atoms with Crippen molar-refractivity contribution >= 4 is 17.5 Å². The molecule has 2 amide bonds. The normalized spacial score (nSPS) is 17.6. The van der Waals surface area contributed by atoms with E-state index in [4.69, 9.17) is 0 Å². The molecule has 1 saturated heterocycles. The van der Waals surface area contributed by atoms with Crippen molar-refractivity contribution in [2.75, 3.05) is 24.5 Å². The van der Waals surface area contributed by atoms with Gasteiger partial charge in [-0.05, 0) is 36.5 Å². The Morgan fingerprint density at radius 2 is 1.75 bits per heavy atom. The zero-order valence-electron chi connectivity index (χ0n) is 15.4. The van der Waals surface area contributed by atoms with E-state index in [-0.39, 0.29) is 17.7 Å². The van der Waals surface area contributed by atoms with Gasteiger partial charge in [0.25, 0.3) is 0 Å². The van der Waals surface area contributed by atoms with Crippen molar-refractivity contribution in [1.29, 1.82) is 0 Å². The second-order valence-corrected chi connectivity index (χ2v) is 6.98. The van der Waals surface area contributed by atoms with Gasteiger partial charge in [0.15, 0.2) is 0 Å². The number of anilines is 1. The standard InChI is InChI=1S/C20H30N2O2/c1-5-11-21(12-6-2)20(24)17-13-19(23)22(14-17)18-9-7-16(8-10-18)15(3)4/h7-10,15,17H,5-6,11-14H2,1-4H3/t17-/m0/s1. The smallest absolute Gasteiger partial charge is 0.228 e. The van der Waals surface area contributed by atoms with Crippen LogP contribution >= 0.6 is 0 Å². The Labute approximate surface area is 145 Å². The Hall–Kier alpha value is -1.84. The lowest BCUT2D eigenvalue weighted by Crippen LogP contribution is -2.38. The molecule has 1 aliphatic heterocycles. The van der Waals surface area contributed by atoms with Gasteiger partial charge in [-0.15, -0.1) is 0 Å². The summed E-state index contributed by atoms with van der Waals surface area (Å²) in [6.45, 7) is 10.5. The summed E-state index contributed by atoms with van der Waals surface area (Å²) in [7, 11) is 0. The first-order valence-electron chi connectivity index (χ1n) is 9.17. The Bertz CT molecular complexity index is 560. The predicted molar refractivity (Wildman–Crippen MR) is 98.2 cm³/mol. The average Bonchev–Trinajstić information content (AvgIpc) is 2.96. The van der Waals surface area contributed by atoms with E-state index in [1.54, 1.807) is 4.90 Å². The highest BCUT2D eigenvalue weighted by Crippen LogP contribution is 2.28. The van der Waals surface area contributed by atoms with Gasteiger partial charge in [0.2, 0.25) is 11.8 Å². The lowest BCUT2D eigenvalue weighted by molar-refractivity contribution is -0.135. The molecule has 1 atom stereocenters. The van der Waals surface area contributed by atoms with Gasteiger partial charge >= 0.3 is 0 Å². The van der Waals surface area contributed by atoms with Crippen molar-refractivity contribution in [3.8, 4) is 0 Å². The van der Waals surface area contributed by atoms with E-state index >= 15 is 0 Å². The fourth-order valence-electron chi connectivity index (χ4n) is 3.29.